The van der Waals surface area contributed by atoms with Crippen molar-refractivity contribution in [1.29, 1.82) is 0 Å². The van der Waals surface area contributed by atoms with Gasteiger partial charge in [0.1, 0.15) is 11.4 Å². The SMILES string of the molecule is CNC(c1cn(-c2cccnc2F)nn1)C1CCC1. The van der Waals surface area contributed by atoms with Crippen molar-refractivity contribution in [2.45, 2.75) is 25.3 Å². The first-order chi connectivity index (χ1) is 9.29. The molecule has 0 amide bonds. The van der Waals surface area contributed by atoms with E-state index in [9.17, 15) is 4.39 Å². The van der Waals surface area contributed by atoms with Crippen molar-refractivity contribution >= 4 is 0 Å². The molecule has 3 rings (SSSR count). The Morgan fingerprint density at radius 2 is 2.32 bits per heavy atom. The van der Waals surface area contributed by atoms with Gasteiger partial charge in [-0.25, -0.2) is 9.67 Å². The summed E-state index contributed by atoms with van der Waals surface area (Å²) in [6, 6.07) is 3.52. The summed E-state index contributed by atoms with van der Waals surface area (Å²) >= 11 is 0. The summed E-state index contributed by atoms with van der Waals surface area (Å²) in [5.41, 5.74) is 1.18. The normalized spacial score (nSPS) is 17.2. The molecular weight excluding hydrogens is 245 g/mol. The highest BCUT2D eigenvalue weighted by Gasteiger charge is 2.29. The Balaban J connectivity index is 1.88. The van der Waals surface area contributed by atoms with Gasteiger partial charge in [-0.3, -0.25) is 0 Å². The predicted octanol–water partition coefficient (Wildman–Crippen LogP) is 1.86. The molecule has 0 bridgehead atoms. The van der Waals surface area contributed by atoms with Crippen LogP contribution in [-0.4, -0.2) is 27.0 Å². The lowest BCUT2D eigenvalue weighted by molar-refractivity contribution is 0.236. The first-order valence-corrected chi connectivity index (χ1v) is 6.50. The number of hydrogen-bond acceptors (Lipinski definition) is 4. The van der Waals surface area contributed by atoms with Crippen molar-refractivity contribution < 1.29 is 4.39 Å². The molecule has 5 nitrogen and oxygen atoms in total. The van der Waals surface area contributed by atoms with Crippen molar-refractivity contribution in [3.8, 4) is 5.69 Å². The zero-order valence-corrected chi connectivity index (χ0v) is 10.8. The molecular formula is C13H16FN5. The summed E-state index contributed by atoms with van der Waals surface area (Å²) in [6.07, 6.45) is 6.88. The van der Waals surface area contributed by atoms with E-state index in [0.29, 0.717) is 11.6 Å². The van der Waals surface area contributed by atoms with E-state index < -0.39 is 5.95 Å². The van der Waals surface area contributed by atoms with Crippen molar-refractivity contribution in [3.05, 3.63) is 36.2 Å². The van der Waals surface area contributed by atoms with Crippen molar-refractivity contribution in [1.82, 2.24) is 25.3 Å². The molecule has 1 saturated carbocycles. The molecule has 0 spiro atoms. The summed E-state index contributed by atoms with van der Waals surface area (Å²) in [5, 5.41) is 11.4. The van der Waals surface area contributed by atoms with Crippen LogP contribution in [0.5, 0.6) is 0 Å². The van der Waals surface area contributed by atoms with Crippen LogP contribution in [0.1, 0.15) is 31.0 Å². The quantitative estimate of drug-likeness (QED) is 0.854. The molecule has 1 fully saturated rings. The number of nitrogens with zero attached hydrogens (tertiary/aromatic N) is 4. The Kier molecular flexibility index (Phi) is 3.25. The number of rotatable bonds is 4. The molecule has 1 N–H and O–H groups in total. The molecule has 0 aromatic carbocycles. The van der Waals surface area contributed by atoms with Gasteiger partial charge in [-0.15, -0.1) is 5.10 Å². The van der Waals surface area contributed by atoms with Crippen LogP contribution in [0.3, 0.4) is 0 Å². The van der Waals surface area contributed by atoms with E-state index in [0.717, 1.165) is 5.69 Å². The zero-order valence-electron chi connectivity index (χ0n) is 10.8. The average molecular weight is 261 g/mol. The highest BCUT2D eigenvalue weighted by atomic mass is 19.1. The highest BCUT2D eigenvalue weighted by molar-refractivity contribution is 5.28. The lowest BCUT2D eigenvalue weighted by Crippen LogP contribution is -2.30. The van der Waals surface area contributed by atoms with Gasteiger partial charge in [-0.2, -0.15) is 4.39 Å². The van der Waals surface area contributed by atoms with Crippen LogP contribution in [0, 0.1) is 11.9 Å². The minimum Gasteiger partial charge on any atom is -0.311 e. The van der Waals surface area contributed by atoms with Crippen molar-refractivity contribution in [2.24, 2.45) is 5.92 Å². The maximum Gasteiger partial charge on any atom is 0.238 e. The molecule has 2 aromatic heterocycles. The second-order valence-electron chi connectivity index (χ2n) is 4.86. The van der Waals surface area contributed by atoms with Gasteiger partial charge in [-0.1, -0.05) is 11.6 Å². The third kappa shape index (κ3) is 2.23. The molecule has 1 atom stereocenters. The lowest BCUT2D eigenvalue weighted by Gasteiger charge is -2.32. The number of pyridine rings is 1. The molecule has 1 aliphatic carbocycles. The summed E-state index contributed by atoms with van der Waals surface area (Å²) < 4.78 is 15.0. The van der Waals surface area contributed by atoms with Gasteiger partial charge in [-0.05, 0) is 37.9 Å². The highest BCUT2D eigenvalue weighted by Crippen LogP contribution is 2.36. The standard InChI is InChI=1S/C13H16FN5/c1-15-12(9-4-2-5-9)10-8-19(18-17-10)11-6-3-7-16-13(11)14/h3,6-9,12,15H,2,4-5H2,1H3. The fraction of sp³-hybridized carbons (Fsp3) is 0.462. The molecule has 1 aliphatic rings. The zero-order chi connectivity index (χ0) is 13.2. The number of nitrogens with one attached hydrogen (secondary N) is 1. The lowest BCUT2D eigenvalue weighted by atomic mass is 9.79. The minimum absolute atomic E-state index is 0.197. The van der Waals surface area contributed by atoms with E-state index in [1.54, 1.807) is 18.3 Å². The van der Waals surface area contributed by atoms with E-state index in [4.69, 9.17) is 0 Å². The van der Waals surface area contributed by atoms with Crippen LogP contribution in [0.2, 0.25) is 0 Å². The molecule has 0 saturated heterocycles. The molecule has 100 valence electrons. The average Bonchev–Trinajstić information content (AvgIpc) is 2.83. The maximum atomic E-state index is 13.6. The smallest absolute Gasteiger partial charge is 0.238 e. The topological polar surface area (TPSA) is 55.6 Å². The van der Waals surface area contributed by atoms with Crippen LogP contribution in [0.4, 0.5) is 4.39 Å². The number of hydrogen-bond donors (Lipinski definition) is 1. The maximum absolute atomic E-state index is 13.6. The van der Waals surface area contributed by atoms with Crippen LogP contribution in [0.25, 0.3) is 5.69 Å². The van der Waals surface area contributed by atoms with E-state index in [1.165, 1.54) is 30.1 Å². The van der Waals surface area contributed by atoms with Gasteiger partial charge in [0.05, 0.1) is 12.2 Å². The van der Waals surface area contributed by atoms with E-state index in [2.05, 4.69) is 20.6 Å². The van der Waals surface area contributed by atoms with Crippen LogP contribution >= 0.6 is 0 Å². The van der Waals surface area contributed by atoms with Gasteiger partial charge < -0.3 is 5.32 Å². The van der Waals surface area contributed by atoms with Gasteiger partial charge in [0.25, 0.3) is 0 Å². The van der Waals surface area contributed by atoms with E-state index in [1.807, 2.05) is 7.05 Å². The third-order valence-corrected chi connectivity index (χ3v) is 3.75. The van der Waals surface area contributed by atoms with E-state index in [-0.39, 0.29) is 6.04 Å². The second kappa shape index (κ2) is 5.05. The van der Waals surface area contributed by atoms with E-state index >= 15 is 0 Å². The number of halogens is 1. The fourth-order valence-electron chi connectivity index (χ4n) is 2.48. The molecule has 1 unspecified atom stereocenters. The van der Waals surface area contributed by atoms with Crippen LogP contribution < -0.4 is 5.32 Å². The van der Waals surface area contributed by atoms with Gasteiger partial charge >= 0.3 is 0 Å². The second-order valence-corrected chi connectivity index (χ2v) is 4.86. The van der Waals surface area contributed by atoms with Crippen molar-refractivity contribution in [3.63, 3.8) is 0 Å². The van der Waals surface area contributed by atoms with Crippen LogP contribution in [0.15, 0.2) is 24.5 Å². The van der Waals surface area contributed by atoms with Crippen molar-refractivity contribution in [2.75, 3.05) is 7.05 Å². The Morgan fingerprint density at radius 1 is 1.47 bits per heavy atom. The first kappa shape index (κ1) is 12.2. The molecule has 0 radical (unpaired) electrons. The largest absolute Gasteiger partial charge is 0.311 e. The summed E-state index contributed by atoms with van der Waals surface area (Å²) in [4.78, 5) is 3.62. The van der Waals surface area contributed by atoms with Gasteiger partial charge in [0, 0.05) is 6.20 Å². The summed E-state index contributed by atoms with van der Waals surface area (Å²) in [6.45, 7) is 0. The fourth-order valence-corrected chi connectivity index (χ4v) is 2.48. The summed E-state index contributed by atoms with van der Waals surface area (Å²) in [7, 11) is 1.92. The Labute approximate surface area is 110 Å². The van der Waals surface area contributed by atoms with Gasteiger partial charge in [0.15, 0.2) is 0 Å². The molecule has 2 aromatic rings. The predicted molar refractivity (Wildman–Crippen MR) is 68.3 cm³/mol. The third-order valence-electron chi connectivity index (χ3n) is 3.75. The van der Waals surface area contributed by atoms with Gasteiger partial charge in [0.2, 0.25) is 5.95 Å². The molecule has 6 heteroatoms. The first-order valence-electron chi connectivity index (χ1n) is 6.50. The number of aromatic nitrogens is 4. The Hall–Kier alpha value is -1.82. The summed E-state index contributed by atoms with van der Waals surface area (Å²) in [5.74, 6) is 0.0671. The minimum atomic E-state index is -0.538. The molecule has 2 heterocycles. The Morgan fingerprint density at radius 3 is 2.95 bits per heavy atom. The monoisotopic (exact) mass is 261 g/mol. The molecule has 19 heavy (non-hydrogen) atoms. The molecule has 0 aliphatic heterocycles. The Bertz CT molecular complexity index is 564. The van der Waals surface area contributed by atoms with Crippen LogP contribution in [-0.2, 0) is 0 Å².